The number of nitrogens with zero attached hydrogens (tertiary/aromatic N) is 2. The van der Waals surface area contributed by atoms with Gasteiger partial charge in [0.1, 0.15) is 0 Å². The average molecular weight is 858 g/mol. The largest absolute Gasteiger partial charge is 0.465 e. The monoisotopic (exact) mass is 857 g/mol. The lowest BCUT2D eigenvalue weighted by molar-refractivity contribution is -0.138. The van der Waals surface area contributed by atoms with Crippen molar-refractivity contribution in [1.82, 2.24) is 15.3 Å². The third kappa shape index (κ3) is 11.5. The number of carbonyl (C=O) groups excluding carboxylic acids is 4. The number of benzene rings is 2. The Labute approximate surface area is 333 Å². The zero-order valence-corrected chi connectivity index (χ0v) is 33.4. The highest BCUT2D eigenvalue weighted by atomic mass is 32.2. The highest BCUT2D eigenvalue weighted by molar-refractivity contribution is 8.03. The van der Waals surface area contributed by atoms with Crippen LogP contribution in [0.15, 0.2) is 79.5 Å². The molecule has 298 valence electrons. The molecule has 0 bridgehead atoms. The molecule has 20 heteroatoms. The number of esters is 1. The van der Waals surface area contributed by atoms with Gasteiger partial charge < -0.3 is 21.1 Å². The molecule has 6 rings (SSSR count). The van der Waals surface area contributed by atoms with Crippen molar-refractivity contribution in [1.29, 1.82) is 0 Å². The fraction of sp³-hybridized carbons (Fsp3) is 0.278. The van der Waals surface area contributed by atoms with Crippen LogP contribution in [0.4, 0.5) is 32.0 Å². The van der Waals surface area contributed by atoms with Crippen LogP contribution in [0, 0.1) is 0 Å². The van der Waals surface area contributed by atoms with Gasteiger partial charge in [-0.2, -0.15) is 26.3 Å². The van der Waals surface area contributed by atoms with Gasteiger partial charge in [0, 0.05) is 61.6 Å². The lowest BCUT2D eigenvalue weighted by atomic mass is 10.0. The van der Waals surface area contributed by atoms with E-state index in [0.717, 1.165) is 37.6 Å². The molecule has 2 aromatic heterocycles. The summed E-state index contributed by atoms with van der Waals surface area (Å²) in [5.41, 5.74) is 8.71. The Morgan fingerprint density at radius 2 is 1.38 bits per heavy atom. The molecule has 2 aliphatic rings. The van der Waals surface area contributed by atoms with Gasteiger partial charge in [0.05, 0.1) is 24.9 Å². The van der Waals surface area contributed by atoms with E-state index < -0.39 is 34.2 Å². The molecule has 4 N–H and O–H groups in total. The van der Waals surface area contributed by atoms with Crippen molar-refractivity contribution >= 4 is 75.5 Å². The molecule has 4 heterocycles. The van der Waals surface area contributed by atoms with Crippen LogP contribution in [0.5, 0.6) is 0 Å². The van der Waals surface area contributed by atoms with Crippen molar-refractivity contribution in [2.24, 2.45) is 5.73 Å². The first-order chi connectivity index (χ1) is 26.2. The predicted octanol–water partition coefficient (Wildman–Crippen LogP) is 9.04. The third-order valence-electron chi connectivity index (χ3n) is 7.88. The second-order valence-corrected chi connectivity index (χ2v) is 16.5. The van der Waals surface area contributed by atoms with E-state index >= 15 is 0 Å². The first-order valence-electron chi connectivity index (χ1n) is 16.1. The summed E-state index contributed by atoms with van der Waals surface area (Å²) in [5, 5.41) is 3.62. The number of carbonyl (C=O) groups is 4. The van der Waals surface area contributed by atoms with Gasteiger partial charge in [-0.15, -0.1) is 22.7 Å². The van der Waals surface area contributed by atoms with Crippen molar-refractivity contribution in [3.05, 3.63) is 106 Å². The van der Waals surface area contributed by atoms with Gasteiger partial charge in [0.25, 0.3) is 11.8 Å². The standard InChI is InChI=1S/C18H15F3N2O2S2.C13H13NO3S.C5H5F3N2S/c1-9-10(2)26-15-4-3-11(5-12(15)6-14(9)24)16(25)22-7-13-8-23-17(27-13)18(19,20)21;1-7-8(2)18-11-5-4-9(13(16)17-3)6-10(11)14-12(7)15;6-5(7,8)4-10-2-3(1-9)11-4/h3-5,8H,6-7H2,1-2H3,(H,22,25);4-6H,1-3H3,(H,14,15);2H,1,9H2. The van der Waals surface area contributed by atoms with E-state index in [9.17, 15) is 45.5 Å². The number of ether oxygens (including phenoxy) is 1. The van der Waals surface area contributed by atoms with Crippen LogP contribution in [0.2, 0.25) is 0 Å². The molecule has 0 fully saturated rings. The average Bonchev–Trinajstić information content (AvgIpc) is 3.82. The maximum Gasteiger partial charge on any atom is 0.443 e. The summed E-state index contributed by atoms with van der Waals surface area (Å²) in [4.78, 5) is 58.8. The normalized spacial score (nSPS) is 14.2. The molecule has 56 heavy (non-hydrogen) atoms. The lowest BCUT2D eigenvalue weighted by Gasteiger charge is -2.09. The Hall–Kier alpha value is -4.50. The van der Waals surface area contributed by atoms with E-state index in [1.54, 1.807) is 44.2 Å². The smallest absolute Gasteiger partial charge is 0.443 e. The number of fused-ring (bicyclic) bond motifs is 2. The van der Waals surface area contributed by atoms with E-state index in [0.29, 0.717) is 60.4 Å². The molecule has 2 aromatic carbocycles. The van der Waals surface area contributed by atoms with Crippen LogP contribution >= 0.6 is 46.2 Å². The third-order valence-corrected chi connectivity index (χ3v) is 12.4. The number of Topliss-reactive ketones (excluding diaryl/α,β-unsaturated/α-hetero) is 1. The van der Waals surface area contributed by atoms with Crippen molar-refractivity contribution in [3.8, 4) is 0 Å². The lowest BCUT2D eigenvalue weighted by Crippen LogP contribution is -2.22. The van der Waals surface area contributed by atoms with Gasteiger partial charge >= 0.3 is 18.3 Å². The second-order valence-electron chi connectivity index (χ2n) is 11.8. The van der Waals surface area contributed by atoms with Crippen LogP contribution in [0.1, 0.15) is 73.7 Å². The molecule has 0 saturated carbocycles. The van der Waals surface area contributed by atoms with Crippen molar-refractivity contribution in [3.63, 3.8) is 0 Å². The summed E-state index contributed by atoms with van der Waals surface area (Å²) >= 11 is 4.09. The SMILES string of the molecule is CC1=C(C)C(=O)Cc2cc(C(=O)NCc3cnc(C(F)(F)F)s3)ccc2S1.COC(=O)c1ccc2c(c1)NC(=O)C(C)=C(C)S2.NCc1cnc(C(F)(F)F)s1. The first-order valence-corrected chi connectivity index (χ1v) is 19.4. The highest BCUT2D eigenvalue weighted by Gasteiger charge is 2.35. The molecule has 4 aromatic rings. The Morgan fingerprint density at radius 1 is 0.821 bits per heavy atom. The van der Waals surface area contributed by atoms with Crippen LogP contribution < -0.4 is 16.4 Å². The number of allylic oxidation sites excluding steroid dienone is 3. The van der Waals surface area contributed by atoms with Crippen molar-refractivity contribution in [2.75, 3.05) is 12.4 Å². The summed E-state index contributed by atoms with van der Waals surface area (Å²) in [5.74, 6) is -0.952. The van der Waals surface area contributed by atoms with Gasteiger partial charge in [-0.3, -0.25) is 14.4 Å². The fourth-order valence-electron chi connectivity index (χ4n) is 4.60. The molecule has 0 saturated heterocycles. The van der Waals surface area contributed by atoms with Gasteiger partial charge in [-0.05, 0) is 79.5 Å². The number of aromatic nitrogens is 2. The molecule has 0 unspecified atom stereocenters. The number of methoxy groups -OCH3 is 1. The first kappa shape index (κ1) is 44.2. The second kappa shape index (κ2) is 18.6. The molecule has 2 amide bonds. The summed E-state index contributed by atoms with van der Waals surface area (Å²) < 4.78 is 77.9. The van der Waals surface area contributed by atoms with Gasteiger partial charge in [0.2, 0.25) is 0 Å². The number of amides is 2. The topological polar surface area (TPSA) is 153 Å². The Morgan fingerprint density at radius 3 is 1.95 bits per heavy atom. The molecular weight excluding hydrogens is 825 g/mol. The predicted molar refractivity (Wildman–Crippen MR) is 203 cm³/mol. The number of ketones is 1. The number of thiazole rings is 2. The molecule has 0 radical (unpaired) electrons. The van der Waals surface area contributed by atoms with Gasteiger partial charge in [-0.1, -0.05) is 23.5 Å². The molecule has 2 aliphatic heterocycles. The zero-order valence-electron chi connectivity index (χ0n) is 30.2. The quantitative estimate of drug-likeness (QED) is 0.131. The molecule has 0 atom stereocenters. The Balaban J connectivity index is 0.000000206. The molecule has 0 aliphatic carbocycles. The number of nitrogens with one attached hydrogen (secondary N) is 2. The number of hydrogen-bond acceptors (Lipinski definition) is 12. The molecule has 10 nitrogen and oxygen atoms in total. The molecular formula is C36H33F6N5O5S4. The van der Waals surface area contributed by atoms with E-state index in [1.165, 1.54) is 30.6 Å². The Kier molecular flexibility index (Phi) is 14.7. The number of rotatable bonds is 5. The number of thioether (sulfide) groups is 2. The maximum absolute atomic E-state index is 12.6. The van der Waals surface area contributed by atoms with E-state index in [-0.39, 0.29) is 31.2 Å². The summed E-state index contributed by atoms with van der Waals surface area (Å²) in [6.07, 6.45) is -6.35. The number of alkyl halides is 6. The number of hydrogen-bond donors (Lipinski definition) is 3. The number of nitrogens with two attached hydrogens (primary N) is 1. The van der Waals surface area contributed by atoms with E-state index in [1.807, 2.05) is 19.9 Å². The van der Waals surface area contributed by atoms with Crippen LogP contribution in [0.25, 0.3) is 0 Å². The van der Waals surface area contributed by atoms with Crippen LogP contribution in [0.3, 0.4) is 0 Å². The van der Waals surface area contributed by atoms with Crippen molar-refractivity contribution < 1.29 is 50.3 Å². The number of anilines is 1. The summed E-state index contributed by atoms with van der Waals surface area (Å²) in [7, 11) is 1.33. The minimum atomic E-state index is -4.49. The van der Waals surface area contributed by atoms with Crippen molar-refractivity contribution in [2.45, 2.75) is 69.3 Å². The highest BCUT2D eigenvalue weighted by Crippen LogP contribution is 2.39. The fourth-order valence-corrected chi connectivity index (χ4v) is 7.91. The van der Waals surface area contributed by atoms with Crippen LogP contribution in [-0.4, -0.2) is 40.6 Å². The van der Waals surface area contributed by atoms with E-state index in [2.05, 4.69) is 25.3 Å². The summed E-state index contributed by atoms with van der Waals surface area (Å²) in [6.45, 7) is 7.42. The Bertz CT molecular complexity index is 2210. The van der Waals surface area contributed by atoms with Crippen LogP contribution in [-0.2, 0) is 46.2 Å². The van der Waals surface area contributed by atoms with Gasteiger partial charge in [0.15, 0.2) is 15.8 Å². The zero-order chi connectivity index (χ0) is 41.5. The van der Waals surface area contributed by atoms with E-state index in [4.69, 9.17) is 5.73 Å². The molecule has 0 spiro atoms. The minimum absolute atomic E-state index is 0.0145. The minimum Gasteiger partial charge on any atom is -0.465 e. The maximum atomic E-state index is 12.6. The number of halogens is 6. The summed E-state index contributed by atoms with van der Waals surface area (Å²) in [6, 6.07) is 10.2. The van der Waals surface area contributed by atoms with Gasteiger partial charge in [-0.25, -0.2) is 14.8 Å².